The van der Waals surface area contributed by atoms with Crippen LogP contribution in [-0.2, 0) is 0 Å². The summed E-state index contributed by atoms with van der Waals surface area (Å²) >= 11 is 0. The van der Waals surface area contributed by atoms with Crippen molar-refractivity contribution in [2.45, 2.75) is 59.3 Å². The molecule has 0 saturated heterocycles. The molecule has 2 N–H and O–H groups in total. The van der Waals surface area contributed by atoms with Crippen LogP contribution < -0.4 is 10.5 Å². The molecule has 0 heterocycles. The maximum Gasteiger partial charge on any atom is 0.121 e. The van der Waals surface area contributed by atoms with Crippen LogP contribution in [-0.4, -0.2) is 6.61 Å². The van der Waals surface area contributed by atoms with Crippen molar-refractivity contribution in [3.05, 3.63) is 24.3 Å². The Hall–Kier alpha value is -1.18. The SMILES string of the molecule is CCCCCCCC.CCOc1cccc(N)c1. The van der Waals surface area contributed by atoms with E-state index >= 15 is 0 Å². The molecular weight excluding hydrogens is 222 g/mol. The highest BCUT2D eigenvalue weighted by Gasteiger charge is 1.89. The number of nitrogens with two attached hydrogens (primary N) is 1. The number of hydrogen-bond donors (Lipinski definition) is 1. The van der Waals surface area contributed by atoms with Crippen LogP contribution in [0.3, 0.4) is 0 Å². The summed E-state index contributed by atoms with van der Waals surface area (Å²) in [6.07, 6.45) is 8.49. The van der Waals surface area contributed by atoms with Gasteiger partial charge in [0.2, 0.25) is 0 Å². The Morgan fingerprint density at radius 3 is 2.00 bits per heavy atom. The van der Waals surface area contributed by atoms with Gasteiger partial charge in [0.1, 0.15) is 5.75 Å². The Bertz CT molecular complexity index is 280. The van der Waals surface area contributed by atoms with E-state index in [0.29, 0.717) is 6.61 Å². The van der Waals surface area contributed by atoms with Crippen molar-refractivity contribution in [3.63, 3.8) is 0 Å². The first-order valence-electron chi connectivity index (χ1n) is 7.22. The predicted octanol–water partition coefficient (Wildman–Crippen LogP) is 5.03. The molecule has 2 heteroatoms. The van der Waals surface area contributed by atoms with E-state index < -0.39 is 0 Å². The highest BCUT2D eigenvalue weighted by molar-refractivity contribution is 5.43. The average molecular weight is 251 g/mol. The van der Waals surface area contributed by atoms with Crippen LogP contribution in [0, 0.1) is 0 Å². The minimum absolute atomic E-state index is 0.684. The number of rotatable bonds is 7. The summed E-state index contributed by atoms with van der Waals surface area (Å²) in [6.45, 7) is 7.14. The number of ether oxygens (including phenoxy) is 1. The minimum atomic E-state index is 0.684. The number of benzene rings is 1. The van der Waals surface area contributed by atoms with E-state index in [2.05, 4.69) is 13.8 Å². The van der Waals surface area contributed by atoms with Gasteiger partial charge in [0, 0.05) is 11.8 Å². The molecule has 0 atom stereocenters. The molecule has 104 valence electrons. The molecule has 0 amide bonds. The second-order valence-corrected chi connectivity index (χ2v) is 4.42. The molecule has 0 saturated carbocycles. The molecule has 0 spiro atoms. The van der Waals surface area contributed by atoms with Crippen LogP contribution in [0.1, 0.15) is 59.3 Å². The fourth-order valence-electron chi connectivity index (χ4n) is 1.62. The van der Waals surface area contributed by atoms with E-state index in [4.69, 9.17) is 10.5 Å². The fourth-order valence-corrected chi connectivity index (χ4v) is 1.62. The van der Waals surface area contributed by atoms with Crippen LogP contribution in [0.15, 0.2) is 24.3 Å². The standard InChI is InChI=1S/C8H11NO.C8H18/c1-2-10-8-5-3-4-7(9)6-8;1-3-5-7-8-6-4-2/h3-6H,2,9H2,1H3;3-8H2,1-2H3. The summed E-state index contributed by atoms with van der Waals surface area (Å²) in [4.78, 5) is 0. The predicted molar refractivity (Wildman–Crippen MR) is 81.1 cm³/mol. The zero-order valence-electron chi connectivity index (χ0n) is 12.2. The third-order valence-electron chi connectivity index (χ3n) is 2.63. The first kappa shape index (κ1) is 16.8. The van der Waals surface area contributed by atoms with Gasteiger partial charge in [0.15, 0.2) is 0 Å². The second-order valence-electron chi connectivity index (χ2n) is 4.42. The van der Waals surface area contributed by atoms with Crippen molar-refractivity contribution >= 4 is 5.69 Å². The van der Waals surface area contributed by atoms with Gasteiger partial charge in [-0.25, -0.2) is 0 Å². The summed E-state index contributed by atoms with van der Waals surface area (Å²) in [6, 6.07) is 7.41. The van der Waals surface area contributed by atoms with E-state index in [1.54, 1.807) is 0 Å². The van der Waals surface area contributed by atoms with E-state index in [1.807, 2.05) is 31.2 Å². The Balaban J connectivity index is 0.000000331. The summed E-state index contributed by atoms with van der Waals surface area (Å²) in [5, 5.41) is 0. The molecule has 0 aliphatic rings. The van der Waals surface area contributed by atoms with Crippen molar-refractivity contribution in [3.8, 4) is 5.75 Å². The van der Waals surface area contributed by atoms with E-state index in [-0.39, 0.29) is 0 Å². The summed E-state index contributed by atoms with van der Waals surface area (Å²) in [5.41, 5.74) is 6.25. The van der Waals surface area contributed by atoms with Gasteiger partial charge in [0.05, 0.1) is 6.61 Å². The maximum absolute atomic E-state index is 5.51. The monoisotopic (exact) mass is 251 g/mol. The lowest BCUT2D eigenvalue weighted by atomic mass is 10.1. The van der Waals surface area contributed by atoms with Gasteiger partial charge in [-0.2, -0.15) is 0 Å². The molecule has 1 aromatic carbocycles. The largest absolute Gasteiger partial charge is 0.494 e. The summed E-state index contributed by atoms with van der Waals surface area (Å²) < 4.78 is 5.21. The highest BCUT2D eigenvalue weighted by atomic mass is 16.5. The lowest BCUT2D eigenvalue weighted by Crippen LogP contribution is -1.92. The molecule has 0 fully saturated rings. The lowest BCUT2D eigenvalue weighted by Gasteiger charge is -2.01. The molecule has 18 heavy (non-hydrogen) atoms. The quantitative estimate of drug-likeness (QED) is 0.544. The number of unbranched alkanes of at least 4 members (excludes halogenated alkanes) is 5. The van der Waals surface area contributed by atoms with Gasteiger partial charge in [-0.15, -0.1) is 0 Å². The zero-order chi connectivity index (χ0) is 13.6. The van der Waals surface area contributed by atoms with Gasteiger partial charge < -0.3 is 10.5 Å². The normalized spacial score (nSPS) is 9.50. The maximum atomic E-state index is 5.51. The highest BCUT2D eigenvalue weighted by Crippen LogP contribution is 2.13. The van der Waals surface area contributed by atoms with Gasteiger partial charge in [0.25, 0.3) is 0 Å². The fraction of sp³-hybridized carbons (Fsp3) is 0.625. The number of anilines is 1. The van der Waals surface area contributed by atoms with Crippen molar-refractivity contribution in [2.24, 2.45) is 0 Å². The molecule has 0 aliphatic heterocycles. The first-order chi connectivity index (χ1) is 8.74. The van der Waals surface area contributed by atoms with Gasteiger partial charge >= 0.3 is 0 Å². The van der Waals surface area contributed by atoms with Crippen molar-refractivity contribution in [1.29, 1.82) is 0 Å². The van der Waals surface area contributed by atoms with E-state index in [9.17, 15) is 0 Å². The number of hydrogen-bond acceptors (Lipinski definition) is 2. The molecule has 0 aliphatic carbocycles. The average Bonchev–Trinajstić information content (AvgIpc) is 2.36. The van der Waals surface area contributed by atoms with E-state index in [0.717, 1.165) is 11.4 Å². The molecule has 0 aromatic heterocycles. The van der Waals surface area contributed by atoms with Gasteiger partial charge in [-0.1, -0.05) is 58.4 Å². The van der Waals surface area contributed by atoms with E-state index in [1.165, 1.54) is 38.5 Å². The zero-order valence-corrected chi connectivity index (χ0v) is 12.2. The molecule has 0 unspecified atom stereocenters. The molecular formula is C16H29NO. The minimum Gasteiger partial charge on any atom is -0.494 e. The van der Waals surface area contributed by atoms with Crippen LogP contribution >= 0.6 is 0 Å². The molecule has 0 bridgehead atoms. The molecule has 1 aromatic rings. The third-order valence-corrected chi connectivity index (χ3v) is 2.63. The van der Waals surface area contributed by atoms with Crippen LogP contribution in [0.4, 0.5) is 5.69 Å². The van der Waals surface area contributed by atoms with Gasteiger partial charge in [-0.3, -0.25) is 0 Å². The van der Waals surface area contributed by atoms with Crippen LogP contribution in [0.5, 0.6) is 5.75 Å². The Labute approximate surface area is 113 Å². The Kier molecular flexibility index (Phi) is 11.5. The van der Waals surface area contributed by atoms with Crippen LogP contribution in [0.25, 0.3) is 0 Å². The van der Waals surface area contributed by atoms with Crippen LogP contribution in [0.2, 0.25) is 0 Å². The first-order valence-corrected chi connectivity index (χ1v) is 7.22. The topological polar surface area (TPSA) is 35.2 Å². The summed E-state index contributed by atoms with van der Waals surface area (Å²) in [7, 11) is 0. The lowest BCUT2D eigenvalue weighted by molar-refractivity contribution is 0.340. The number of nitrogen functional groups attached to an aromatic ring is 1. The molecule has 1 rings (SSSR count). The van der Waals surface area contributed by atoms with Crippen molar-refractivity contribution < 1.29 is 4.74 Å². The molecule has 2 nitrogen and oxygen atoms in total. The second kappa shape index (κ2) is 12.3. The van der Waals surface area contributed by atoms with Crippen molar-refractivity contribution in [2.75, 3.05) is 12.3 Å². The van der Waals surface area contributed by atoms with Crippen molar-refractivity contribution in [1.82, 2.24) is 0 Å². The Morgan fingerprint density at radius 2 is 1.56 bits per heavy atom. The summed E-state index contributed by atoms with van der Waals surface area (Å²) in [5.74, 6) is 0.836. The Morgan fingerprint density at radius 1 is 0.944 bits per heavy atom. The smallest absolute Gasteiger partial charge is 0.121 e. The van der Waals surface area contributed by atoms with Gasteiger partial charge in [-0.05, 0) is 19.1 Å². The molecule has 0 radical (unpaired) electrons. The third kappa shape index (κ3) is 10.0.